The molecule has 6 nitrogen and oxygen atoms in total. The molecule has 0 aliphatic carbocycles. The van der Waals surface area contributed by atoms with Gasteiger partial charge in [0.25, 0.3) is 0 Å². The van der Waals surface area contributed by atoms with Crippen LogP contribution in [0.4, 0.5) is 5.82 Å². The fraction of sp³-hybridized carbons (Fsp3) is 0.200. The van der Waals surface area contributed by atoms with Gasteiger partial charge in [0, 0.05) is 29.7 Å². The summed E-state index contributed by atoms with van der Waals surface area (Å²) in [6.45, 7) is 8.46. The van der Waals surface area contributed by atoms with Gasteiger partial charge in [0.2, 0.25) is 5.91 Å². The molecule has 1 amide bonds. The van der Waals surface area contributed by atoms with Crippen molar-refractivity contribution in [2.75, 3.05) is 5.32 Å². The Bertz CT molecular complexity index is 1550. The van der Waals surface area contributed by atoms with Crippen LogP contribution in [0.5, 0.6) is 0 Å². The summed E-state index contributed by atoms with van der Waals surface area (Å²) in [5.41, 5.74) is 8.02. The van der Waals surface area contributed by atoms with Gasteiger partial charge in [-0.15, -0.1) is 0 Å². The fourth-order valence-electron chi connectivity index (χ4n) is 4.27. The topological polar surface area (TPSA) is 72.2 Å². The van der Waals surface area contributed by atoms with Crippen molar-refractivity contribution in [2.24, 2.45) is 0 Å². The van der Waals surface area contributed by atoms with E-state index in [0.29, 0.717) is 5.82 Å². The second-order valence-electron chi connectivity index (χ2n) is 10.0. The van der Waals surface area contributed by atoms with Crippen molar-refractivity contribution in [3.8, 4) is 22.5 Å². The lowest BCUT2D eigenvalue weighted by atomic mass is 9.88. The summed E-state index contributed by atoms with van der Waals surface area (Å²) in [4.78, 5) is 26.1. The minimum Gasteiger partial charge on any atom is -0.310 e. The molecule has 0 atom stereocenters. The Morgan fingerprint density at radius 1 is 0.917 bits per heavy atom. The number of aromatic nitrogens is 4. The predicted octanol–water partition coefficient (Wildman–Crippen LogP) is 6.25. The van der Waals surface area contributed by atoms with Gasteiger partial charge in [-0.3, -0.25) is 14.2 Å². The molecule has 36 heavy (non-hydrogen) atoms. The number of carbonyl (C=O) groups excluding carboxylic acids is 1. The third-order valence-corrected chi connectivity index (χ3v) is 6.36. The number of aryl methyl sites for hydroxylation is 1. The van der Waals surface area contributed by atoms with Crippen LogP contribution in [0.1, 0.15) is 37.5 Å². The Balaban J connectivity index is 1.34. The third-order valence-electron chi connectivity index (χ3n) is 6.36. The second kappa shape index (κ2) is 9.38. The number of carbonyl (C=O) groups is 1. The number of benzene rings is 1. The van der Waals surface area contributed by atoms with Crippen LogP contribution in [0.15, 0.2) is 85.5 Å². The Morgan fingerprint density at radius 2 is 1.78 bits per heavy atom. The largest absolute Gasteiger partial charge is 0.310 e. The monoisotopic (exact) mass is 475 g/mol. The fourth-order valence-corrected chi connectivity index (χ4v) is 4.27. The average Bonchev–Trinajstić information content (AvgIpc) is 3.29. The number of fused-ring (bicyclic) bond motifs is 1. The van der Waals surface area contributed by atoms with Crippen molar-refractivity contribution >= 4 is 17.4 Å². The van der Waals surface area contributed by atoms with Gasteiger partial charge in [-0.2, -0.15) is 0 Å². The van der Waals surface area contributed by atoms with Crippen LogP contribution in [-0.4, -0.2) is 25.3 Å². The molecular formula is C30H29N5O. The van der Waals surface area contributed by atoms with Gasteiger partial charge in [0.15, 0.2) is 0 Å². The number of nitrogens with one attached hydrogen (secondary N) is 1. The lowest BCUT2D eigenvalue weighted by Crippen LogP contribution is -2.17. The van der Waals surface area contributed by atoms with Gasteiger partial charge >= 0.3 is 0 Å². The maximum Gasteiger partial charge on any atom is 0.229 e. The van der Waals surface area contributed by atoms with Gasteiger partial charge in [-0.25, -0.2) is 9.97 Å². The smallest absolute Gasteiger partial charge is 0.229 e. The van der Waals surface area contributed by atoms with Gasteiger partial charge < -0.3 is 5.32 Å². The standard InChI is InChI=1S/C30H29N5O/c1-20-15-23(26-19-33-28-16-22(11-14-35(26)28)25-7-5-6-12-31-25)9-8-21(20)17-29(36)34-27-18-24(10-13-32-27)30(2,3)4/h5-16,18-19H,17H2,1-4H3,(H,32,34,36). The average molecular weight is 476 g/mol. The quantitative estimate of drug-likeness (QED) is 0.326. The van der Waals surface area contributed by atoms with Crippen molar-refractivity contribution in [1.29, 1.82) is 0 Å². The number of nitrogens with zero attached hydrogens (tertiary/aromatic N) is 4. The number of pyridine rings is 3. The molecule has 0 fully saturated rings. The van der Waals surface area contributed by atoms with Crippen LogP contribution in [0.25, 0.3) is 28.2 Å². The van der Waals surface area contributed by atoms with E-state index in [2.05, 4.69) is 57.6 Å². The molecule has 1 aromatic carbocycles. The zero-order chi connectivity index (χ0) is 25.3. The summed E-state index contributed by atoms with van der Waals surface area (Å²) in [7, 11) is 0. The Hall–Kier alpha value is -4.32. The first-order valence-electron chi connectivity index (χ1n) is 12.0. The van der Waals surface area contributed by atoms with Crippen LogP contribution in [0, 0.1) is 6.92 Å². The van der Waals surface area contributed by atoms with Gasteiger partial charge in [-0.05, 0) is 71.5 Å². The molecule has 180 valence electrons. The van der Waals surface area contributed by atoms with Crippen LogP contribution in [0.3, 0.4) is 0 Å². The summed E-state index contributed by atoms with van der Waals surface area (Å²) in [5.74, 6) is 0.499. The Labute approximate surface area is 211 Å². The molecule has 0 spiro atoms. The zero-order valence-electron chi connectivity index (χ0n) is 21.0. The molecule has 4 heterocycles. The predicted molar refractivity (Wildman–Crippen MR) is 144 cm³/mol. The number of hydrogen-bond acceptors (Lipinski definition) is 4. The van der Waals surface area contributed by atoms with E-state index in [-0.39, 0.29) is 17.7 Å². The maximum atomic E-state index is 12.8. The molecule has 1 N–H and O–H groups in total. The second-order valence-corrected chi connectivity index (χ2v) is 10.0. The van der Waals surface area contributed by atoms with E-state index in [1.807, 2.05) is 67.8 Å². The molecule has 5 aromatic rings. The first-order chi connectivity index (χ1) is 17.3. The summed E-state index contributed by atoms with van der Waals surface area (Å²) >= 11 is 0. The number of amides is 1. The van der Waals surface area contributed by atoms with Crippen molar-refractivity contribution in [3.05, 3.63) is 102 Å². The first-order valence-corrected chi connectivity index (χ1v) is 12.0. The molecule has 6 heteroatoms. The van der Waals surface area contributed by atoms with E-state index in [0.717, 1.165) is 44.9 Å². The number of hydrogen-bond donors (Lipinski definition) is 1. The normalized spacial score (nSPS) is 11.6. The van der Waals surface area contributed by atoms with Gasteiger partial charge in [0.05, 0.1) is 24.0 Å². The minimum atomic E-state index is -0.0822. The van der Waals surface area contributed by atoms with Crippen molar-refractivity contribution in [3.63, 3.8) is 0 Å². The Morgan fingerprint density at radius 3 is 2.53 bits per heavy atom. The molecule has 0 aliphatic heterocycles. The summed E-state index contributed by atoms with van der Waals surface area (Å²) in [5, 5.41) is 2.95. The van der Waals surface area contributed by atoms with E-state index in [1.165, 1.54) is 0 Å². The SMILES string of the molecule is Cc1cc(-c2cnc3cc(-c4ccccn4)ccn23)ccc1CC(=O)Nc1cc(C(C)(C)C)ccn1. The van der Waals surface area contributed by atoms with E-state index >= 15 is 0 Å². The summed E-state index contributed by atoms with van der Waals surface area (Å²) in [6, 6.07) is 20.1. The highest BCUT2D eigenvalue weighted by atomic mass is 16.1. The van der Waals surface area contributed by atoms with Gasteiger partial charge in [-0.1, -0.05) is 39.0 Å². The first kappa shape index (κ1) is 23.4. The van der Waals surface area contributed by atoms with Crippen molar-refractivity contribution in [2.45, 2.75) is 39.5 Å². The third kappa shape index (κ3) is 4.89. The molecular weight excluding hydrogens is 446 g/mol. The van der Waals surface area contributed by atoms with Crippen LogP contribution >= 0.6 is 0 Å². The lowest BCUT2D eigenvalue weighted by Gasteiger charge is -2.19. The number of imidazole rings is 1. The van der Waals surface area contributed by atoms with E-state index < -0.39 is 0 Å². The lowest BCUT2D eigenvalue weighted by molar-refractivity contribution is -0.115. The van der Waals surface area contributed by atoms with Gasteiger partial charge in [0.1, 0.15) is 11.5 Å². The molecule has 4 aromatic heterocycles. The van der Waals surface area contributed by atoms with Crippen molar-refractivity contribution in [1.82, 2.24) is 19.4 Å². The molecule has 5 rings (SSSR count). The molecule has 0 unspecified atom stereocenters. The highest BCUT2D eigenvalue weighted by Gasteiger charge is 2.16. The summed E-state index contributed by atoms with van der Waals surface area (Å²) < 4.78 is 2.07. The zero-order valence-corrected chi connectivity index (χ0v) is 21.0. The Kier molecular flexibility index (Phi) is 6.10. The molecule has 0 bridgehead atoms. The maximum absolute atomic E-state index is 12.8. The van der Waals surface area contributed by atoms with E-state index in [9.17, 15) is 4.79 Å². The highest BCUT2D eigenvalue weighted by molar-refractivity contribution is 5.91. The highest BCUT2D eigenvalue weighted by Crippen LogP contribution is 2.27. The van der Waals surface area contributed by atoms with E-state index in [1.54, 1.807) is 12.4 Å². The van der Waals surface area contributed by atoms with Crippen LogP contribution < -0.4 is 5.32 Å². The van der Waals surface area contributed by atoms with Crippen LogP contribution in [0.2, 0.25) is 0 Å². The number of anilines is 1. The van der Waals surface area contributed by atoms with Crippen molar-refractivity contribution < 1.29 is 4.79 Å². The van der Waals surface area contributed by atoms with Crippen LogP contribution in [-0.2, 0) is 16.6 Å². The summed E-state index contributed by atoms with van der Waals surface area (Å²) in [6.07, 6.45) is 7.73. The molecule has 0 aliphatic rings. The number of rotatable bonds is 5. The molecule has 0 saturated carbocycles. The molecule has 0 saturated heterocycles. The minimum absolute atomic E-state index is 0.00726. The van der Waals surface area contributed by atoms with E-state index in [4.69, 9.17) is 0 Å². The molecule has 0 radical (unpaired) electrons.